The molecule has 3 aliphatic heterocycles. The second kappa shape index (κ2) is 12.8. The van der Waals surface area contributed by atoms with Crippen LogP contribution < -0.4 is 0 Å². The normalized spacial score (nSPS) is 28.5. The minimum atomic E-state index is 0.164. The van der Waals surface area contributed by atoms with Gasteiger partial charge in [-0.3, -0.25) is 24.5 Å². The molecule has 3 rings (SSSR count). The number of piperidine rings is 1. The van der Waals surface area contributed by atoms with Gasteiger partial charge in [-0.05, 0) is 154 Å². The van der Waals surface area contributed by atoms with E-state index in [-0.39, 0.29) is 27.7 Å². The molecule has 5 nitrogen and oxygen atoms in total. The second-order valence-corrected chi connectivity index (χ2v) is 20.3. The van der Waals surface area contributed by atoms with E-state index in [0.717, 1.165) is 12.5 Å². The average Bonchev–Trinajstić information content (AvgIpc) is 2.81. The zero-order chi connectivity index (χ0) is 33.0. The second-order valence-electron chi connectivity index (χ2n) is 20.3. The van der Waals surface area contributed by atoms with Gasteiger partial charge in [-0.25, -0.2) is 0 Å². The van der Waals surface area contributed by atoms with Crippen molar-refractivity contribution in [1.29, 1.82) is 0 Å². The van der Waals surface area contributed by atoms with E-state index in [4.69, 9.17) is 0 Å². The first-order chi connectivity index (χ1) is 19.2. The highest BCUT2D eigenvalue weighted by molar-refractivity contribution is 5.03. The van der Waals surface area contributed by atoms with Gasteiger partial charge >= 0.3 is 0 Å². The molecule has 3 atom stereocenters. The van der Waals surface area contributed by atoms with Crippen LogP contribution in [0, 0.1) is 11.3 Å². The fourth-order valence-corrected chi connectivity index (χ4v) is 9.47. The number of piperazine rings is 2. The molecule has 0 saturated carbocycles. The Hall–Kier alpha value is -0.200. The van der Waals surface area contributed by atoms with Gasteiger partial charge in [0.05, 0.1) is 0 Å². The lowest BCUT2D eigenvalue weighted by atomic mass is 9.67. The standard InChI is InChI=1S/C38H77N5/c1-29-25-43(36(11,12)13)32(27-42(29)35(8,9)10)24-31-26-40(34(5,6)7)22-23-41(31)38(16,17)28-37(14,15)30-18-20-39(21-19-30)33(2,3)4/h29-32H,18-28H2,1-17H3/t29-,31-,32?/m0/s1. The van der Waals surface area contributed by atoms with Gasteiger partial charge in [-0.15, -0.1) is 0 Å². The minimum absolute atomic E-state index is 0.164. The molecule has 0 aromatic rings. The van der Waals surface area contributed by atoms with E-state index in [1.807, 2.05) is 0 Å². The van der Waals surface area contributed by atoms with Crippen molar-refractivity contribution in [3.63, 3.8) is 0 Å². The van der Waals surface area contributed by atoms with Gasteiger partial charge < -0.3 is 0 Å². The van der Waals surface area contributed by atoms with Crippen molar-refractivity contribution >= 4 is 0 Å². The molecule has 3 fully saturated rings. The first kappa shape index (κ1) is 37.3. The Kier molecular flexibility index (Phi) is 11.1. The van der Waals surface area contributed by atoms with E-state index < -0.39 is 0 Å². The summed E-state index contributed by atoms with van der Waals surface area (Å²) in [5.74, 6) is 0.802. The van der Waals surface area contributed by atoms with Crippen LogP contribution >= 0.6 is 0 Å². The van der Waals surface area contributed by atoms with Gasteiger partial charge in [0.15, 0.2) is 0 Å². The van der Waals surface area contributed by atoms with Crippen molar-refractivity contribution < 1.29 is 0 Å². The van der Waals surface area contributed by atoms with Crippen LogP contribution in [0.4, 0.5) is 0 Å². The van der Waals surface area contributed by atoms with Crippen LogP contribution in [-0.2, 0) is 0 Å². The Morgan fingerprint density at radius 1 is 0.488 bits per heavy atom. The van der Waals surface area contributed by atoms with E-state index in [1.165, 1.54) is 65.0 Å². The van der Waals surface area contributed by atoms with Crippen molar-refractivity contribution in [2.24, 2.45) is 11.3 Å². The lowest BCUT2D eigenvalue weighted by molar-refractivity contribution is -0.0887. The average molecular weight is 604 g/mol. The molecule has 3 heterocycles. The molecule has 43 heavy (non-hydrogen) atoms. The molecule has 0 N–H and O–H groups in total. The number of likely N-dealkylation sites (tertiary alicyclic amines) is 1. The summed E-state index contributed by atoms with van der Waals surface area (Å²) < 4.78 is 0. The highest BCUT2D eigenvalue weighted by atomic mass is 15.4. The summed E-state index contributed by atoms with van der Waals surface area (Å²) in [7, 11) is 0. The summed E-state index contributed by atoms with van der Waals surface area (Å²) in [6.07, 6.45) is 5.19. The molecule has 0 spiro atoms. The largest absolute Gasteiger partial charge is 0.298 e. The van der Waals surface area contributed by atoms with Crippen LogP contribution in [0.5, 0.6) is 0 Å². The van der Waals surface area contributed by atoms with Crippen LogP contribution in [0.1, 0.15) is 143 Å². The summed E-state index contributed by atoms with van der Waals surface area (Å²) in [5, 5.41) is 0. The highest BCUT2D eigenvalue weighted by Crippen LogP contribution is 2.45. The quantitative estimate of drug-likeness (QED) is 0.307. The maximum atomic E-state index is 2.99. The third-order valence-electron chi connectivity index (χ3n) is 11.8. The first-order valence-corrected chi connectivity index (χ1v) is 18.0. The lowest BCUT2D eigenvalue weighted by Gasteiger charge is -2.58. The van der Waals surface area contributed by atoms with Crippen molar-refractivity contribution in [3.8, 4) is 0 Å². The molecule has 0 aromatic heterocycles. The van der Waals surface area contributed by atoms with Gasteiger partial charge in [0.1, 0.15) is 0 Å². The fourth-order valence-electron chi connectivity index (χ4n) is 9.47. The topological polar surface area (TPSA) is 16.2 Å². The Balaban J connectivity index is 1.87. The number of nitrogens with zero attached hydrogens (tertiary/aromatic N) is 5. The summed E-state index contributed by atoms with van der Waals surface area (Å²) in [6, 6.07) is 1.70. The molecule has 0 radical (unpaired) electrons. The maximum Gasteiger partial charge on any atom is 0.0244 e. The Labute approximate surface area is 270 Å². The summed E-state index contributed by atoms with van der Waals surface area (Å²) in [4.78, 5) is 14.1. The van der Waals surface area contributed by atoms with Crippen molar-refractivity contribution in [1.82, 2.24) is 24.5 Å². The van der Waals surface area contributed by atoms with Gasteiger partial charge in [0, 0.05) is 78.5 Å². The zero-order valence-electron chi connectivity index (χ0n) is 32.3. The SMILES string of the molecule is C[C@H]1CN(C(C)(C)C)C(C[C@H]2CN(C(C)(C)C)CCN2C(C)(C)CC(C)(C)C2CCN(C(C)(C)C)CC2)CN1C(C)(C)C. The third-order valence-corrected chi connectivity index (χ3v) is 11.8. The molecule has 1 unspecified atom stereocenters. The number of hydrogen-bond acceptors (Lipinski definition) is 5. The Morgan fingerprint density at radius 2 is 0.977 bits per heavy atom. The van der Waals surface area contributed by atoms with Crippen molar-refractivity contribution in [3.05, 3.63) is 0 Å². The van der Waals surface area contributed by atoms with Crippen LogP contribution in [0.3, 0.4) is 0 Å². The van der Waals surface area contributed by atoms with Crippen LogP contribution in [0.25, 0.3) is 0 Å². The summed E-state index contributed by atoms with van der Waals surface area (Å²) in [5.41, 5.74) is 1.35. The third kappa shape index (κ3) is 9.21. The molecule has 3 saturated heterocycles. The van der Waals surface area contributed by atoms with Crippen molar-refractivity contribution in [2.75, 3.05) is 45.8 Å². The smallest absolute Gasteiger partial charge is 0.0244 e. The fraction of sp³-hybridized carbons (Fsp3) is 1.00. The molecule has 254 valence electrons. The highest BCUT2D eigenvalue weighted by Gasteiger charge is 2.47. The van der Waals surface area contributed by atoms with Gasteiger partial charge in [-0.2, -0.15) is 0 Å². The van der Waals surface area contributed by atoms with E-state index in [9.17, 15) is 0 Å². The van der Waals surface area contributed by atoms with Gasteiger partial charge in [0.2, 0.25) is 0 Å². The Bertz CT molecular complexity index is 887. The van der Waals surface area contributed by atoms with E-state index >= 15 is 0 Å². The van der Waals surface area contributed by atoms with E-state index in [1.54, 1.807) is 0 Å². The number of hydrogen-bond donors (Lipinski definition) is 0. The molecular weight excluding hydrogens is 526 g/mol. The molecule has 0 amide bonds. The molecule has 0 aliphatic carbocycles. The molecular formula is C38H77N5. The first-order valence-electron chi connectivity index (χ1n) is 18.0. The molecule has 0 bridgehead atoms. The van der Waals surface area contributed by atoms with Crippen LogP contribution in [0.15, 0.2) is 0 Å². The molecule has 0 aromatic carbocycles. The number of rotatable bonds is 6. The zero-order valence-corrected chi connectivity index (χ0v) is 32.3. The van der Waals surface area contributed by atoms with E-state index in [2.05, 4.69) is 142 Å². The van der Waals surface area contributed by atoms with Crippen LogP contribution in [-0.4, -0.2) is 116 Å². The predicted octanol–water partition coefficient (Wildman–Crippen LogP) is 7.84. The lowest BCUT2D eigenvalue weighted by Crippen LogP contribution is -2.69. The molecule has 3 aliphatic rings. The van der Waals surface area contributed by atoms with Crippen molar-refractivity contribution in [2.45, 2.75) is 189 Å². The minimum Gasteiger partial charge on any atom is -0.298 e. The Morgan fingerprint density at radius 3 is 1.44 bits per heavy atom. The maximum absolute atomic E-state index is 2.99. The monoisotopic (exact) mass is 604 g/mol. The molecule has 5 heteroatoms. The predicted molar refractivity (Wildman–Crippen MR) is 189 cm³/mol. The summed E-state index contributed by atoms with van der Waals surface area (Å²) in [6.45, 7) is 50.1. The van der Waals surface area contributed by atoms with E-state index in [0.29, 0.717) is 23.5 Å². The van der Waals surface area contributed by atoms with Gasteiger partial charge in [0.25, 0.3) is 0 Å². The summed E-state index contributed by atoms with van der Waals surface area (Å²) >= 11 is 0. The van der Waals surface area contributed by atoms with Crippen LogP contribution in [0.2, 0.25) is 0 Å². The van der Waals surface area contributed by atoms with Gasteiger partial charge in [-0.1, -0.05) is 13.8 Å².